The molecule has 36 heteroatoms. The maximum absolute atomic E-state index is 15.4. The van der Waals surface area contributed by atoms with Crippen LogP contribution in [0.2, 0.25) is 15.1 Å². The molecule has 18 aliphatic rings. The lowest BCUT2D eigenvalue weighted by molar-refractivity contribution is -0.156. The van der Waals surface area contributed by atoms with E-state index in [1.165, 1.54) is 0 Å². The van der Waals surface area contributed by atoms with E-state index in [1.807, 2.05) is 45.0 Å². The average Bonchev–Trinajstić information content (AvgIpc) is 1.71. The van der Waals surface area contributed by atoms with Gasteiger partial charge in [0.05, 0.1) is 98.7 Å². The Labute approximate surface area is 867 Å². The predicted octanol–water partition coefficient (Wildman–Crippen LogP) is 17.8. The summed E-state index contributed by atoms with van der Waals surface area (Å²) in [5, 5.41) is 7.27. The zero-order chi connectivity index (χ0) is 103. The quantitative estimate of drug-likeness (QED) is 0.0691. The van der Waals surface area contributed by atoms with Crippen LogP contribution in [0.15, 0.2) is 126 Å². The van der Waals surface area contributed by atoms with Gasteiger partial charge in [0.25, 0.3) is 17.7 Å². The number of halogens is 6. The Kier molecular flexibility index (Phi) is 30.0. The Balaban J connectivity index is 0.000000138. The summed E-state index contributed by atoms with van der Waals surface area (Å²) in [7, 11) is -12.0. The summed E-state index contributed by atoms with van der Waals surface area (Å²) in [5.74, 6) is -3.40. The summed E-state index contributed by atoms with van der Waals surface area (Å²) < 4.78 is 183. The molecule has 0 radical (unpaired) electrons. The molecule has 27 nitrogen and oxygen atoms in total. The lowest BCUT2D eigenvalue weighted by Gasteiger charge is -2.48. The first-order chi connectivity index (χ1) is 69.5. The second-order valence-corrected chi connectivity index (χ2v) is 51.3. The Morgan fingerprint density at radius 1 is 0.452 bits per heavy atom. The summed E-state index contributed by atoms with van der Waals surface area (Å²) in [4.78, 5) is 83.9. The van der Waals surface area contributed by atoms with Crippen molar-refractivity contribution in [2.24, 2.45) is 71.0 Å². The number of allylic oxidation sites excluding steroid dienone is 3. The van der Waals surface area contributed by atoms with Crippen LogP contribution in [0.5, 0.6) is 17.2 Å². The predicted molar refractivity (Wildman–Crippen MR) is 547 cm³/mol. The van der Waals surface area contributed by atoms with Crippen molar-refractivity contribution in [3.63, 3.8) is 0 Å². The molecule has 24 rings (SSSR count). The number of hydrogen-bond donors (Lipinski definition) is 4. The molecule has 21 atom stereocenters. The van der Waals surface area contributed by atoms with Crippen molar-refractivity contribution in [3.8, 4) is 17.2 Å². The molecule has 146 heavy (non-hydrogen) atoms. The van der Waals surface area contributed by atoms with Gasteiger partial charge in [-0.2, -0.15) is 0 Å². The van der Waals surface area contributed by atoms with Crippen molar-refractivity contribution in [1.82, 2.24) is 14.2 Å². The largest absolute Gasteiger partial charge is 0.490 e. The second-order valence-electron chi connectivity index (χ2n) is 44.0. The molecule has 4 N–H and O–H groups in total. The normalized spacial score (nSPS) is 32.0. The Morgan fingerprint density at radius 2 is 0.753 bits per heavy atom. The molecule has 6 aromatic rings. The van der Waals surface area contributed by atoms with Crippen LogP contribution in [0, 0.1) is 88.5 Å². The number of amides is 3. The average molecular weight is 2130 g/mol. The number of aliphatic carboxylic acids is 1. The van der Waals surface area contributed by atoms with Crippen molar-refractivity contribution < 1.29 is 110 Å². The van der Waals surface area contributed by atoms with Gasteiger partial charge in [-0.1, -0.05) is 92.0 Å². The summed E-state index contributed by atoms with van der Waals surface area (Å²) in [6.07, 6.45) is 18.8. The van der Waals surface area contributed by atoms with E-state index in [-0.39, 0.29) is 159 Å². The van der Waals surface area contributed by atoms with Gasteiger partial charge < -0.3 is 57.7 Å². The smallest absolute Gasteiger partial charge is 0.332 e. The third kappa shape index (κ3) is 20.5. The molecular weight excluding hydrogens is 2000 g/mol. The van der Waals surface area contributed by atoms with E-state index in [9.17, 15) is 59.1 Å². The van der Waals surface area contributed by atoms with Crippen molar-refractivity contribution in [1.29, 1.82) is 0 Å². The molecule has 9 aliphatic heterocycles. The van der Waals surface area contributed by atoms with Crippen LogP contribution in [0.25, 0.3) is 0 Å². The number of carboxylic acid groups (broad SMARTS) is 1. The van der Waals surface area contributed by atoms with Gasteiger partial charge in [-0.3, -0.25) is 14.4 Å². The second kappa shape index (κ2) is 41.7. The summed E-state index contributed by atoms with van der Waals surface area (Å²) >= 11 is 18.7. The minimum atomic E-state index is -4.02. The van der Waals surface area contributed by atoms with Gasteiger partial charge in [0.1, 0.15) is 54.5 Å². The van der Waals surface area contributed by atoms with E-state index in [2.05, 4.69) is 41.0 Å². The highest BCUT2D eigenvalue weighted by Crippen LogP contribution is 2.57. The molecule has 0 saturated heterocycles. The standard InChI is InChI=1S/C38H46ClFN2O7S.C37H44ClFN2O7S.C35H40ClFN2O7S/c1-21(2)49-34(43)18-47-36-27-14-26(15-27)22(3)23(4)50(45,46)41-37(44)24-8-12-33-32(16-24)42(17-25-7-9-28(25)36)19-38(20-48-33)13-5-6-29-30(38)10-11-31(39)35(29)40;1-4-46-33(42)18-47-35-26-14-25(15-26)21(2)22(3)49(44,45)40-36(43)23-8-12-32-31(16-23)41(17-24-7-9-27(24)35)19-37(20-48-32)13-5-6-28-29(37)10-11-30(38)34(28)39;1-19-20(2)47(43,44)38-34(42)21-6-10-30-29(14-21)39(15-22-5-7-25(22)33(45-16-31(40)41)24-12-23(19)13-24)17-35(18-46-30)11-3-4-26-27(35)8-9-28(36)32(26)37/h8,10-12,14,16,21-23,25-26,28,36H,5-7,9,13,15,17-20H2,1-4H3,(H,41,44);8,10-12,14,16,21-22,24-25,27,35H,4-7,9,13,15,17-20H2,1-3H3,(H,40,43);6,8-10,12,14,19-20,22-23,25,33H,3-5,7,11,13,15-18H2,1-2H3,(H,38,42)(H,40,41)/t22-,23-,25+,26+,28-,36+,38+;21-,22-,24+,25+,27-,35+,37+;19-,20-,22+,23+,25-,33+,35+/m111/s1. The minimum Gasteiger partial charge on any atom is -0.490 e. The molecule has 3 saturated carbocycles. The van der Waals surface area contributed by atoms with Crippen LogP contribution in [0.1, 0.15) is 223 Å². The van der Waals surface area contributed by atoms with Crippen molar-refractivity contribution >= 4 is 118 Å². The van der Waals surface area contributed by atoms with Crippen molar-refractivity contribution in [3.05, 3.63) is 209 Å². The lowest BCUT2D eigenvalue weighted by Crippen LogP contribution is -2.51. The molecule has 9 heterocycles. The number of benzene rings is 6. The Morgan fingerprint density at radius 3 is 1.03 bits per heavy atom. The van der Waals surface area contributed by atoms with Gasteiger partial charge in [-0.15, -0.1) is 0 Å². The maximum atomic E-state index is 15.4. The number of carbonyl (C=O) groups excluding carboxylic acids is 5. The molecular formula is C110H130Cl3F3N6O21S3. The Bertz CT molecular complexity index is 6630. The molecule has 3 amide bonds. The molecule has 3 spiro atoms. The lowest BCUT2D eigenvalue weighted by atomic mass is 9.64. The third-order valence-corrected chi connectivity index (χ3v) is 41.7. The van der Waals surface area contributed by atoms with Crippen LogP contribution in [-0.4, -0.2) is 192 Å². The summed E-state index contributed by atoms with van der Waals surface area (Å²) in [5.41, 5.74) is 8.67. The highest BCUT2D eigenvalue weighted by Gasteiger charge is 2.55. The fourth-order valence-electron chi connectivity index (χ4n) is 25.8. The van der Waals surface area contributed by atoms with Gasteiger partial charge in [0, 0.05) is 72.2 Å². The molecule has 9 aliphatic carbocycles. The number of nitrogens with zero attached hydrogens (tertiary/aromatic N) is 3. The highest BCUT2D eigenvalue weighted by molar-refractivity contribution is 7.91. The zero-order valence-electron chi connectivity index (χ0n) is 83.7. The van der Waals surface area contributed by atoms with Gasteiger partial charge in [-0.05, 0) is 351 Å². The zero-order valence-corrected chi connectivity index (χ0v) is 88.4. The van der Waals surface area contributed by atoms with Crippen molar-refractivity contribution in [2.45, 2.75) is 234 Å². The number of fused-ring (bicyclic) bond motifs is 18. The van der Waals surface area contributed by atoms with E-state index >= 15 is 13.2 Å². The van der Waals surface area contributed by atoms with E-state index in [0.29, 0.717) is 149 Å². The fourth-order valence-corrected chi connectivity index (χ4v) is 30.3. The van der Waals surface area contributed by atoms with Gasteiger partial charge in [0.15, 0.2) is 0 Å². The van der Waals surface area contributed by atoms with Crippen LogP contribution in [-0.2, 0) is 104 Å². The van der Waals surface area contributed by atoms with Gasteiger partial charge in [-0.25, -0.2) is 67.0 Å². The first kappa shape index (κ1) is 105. The van der Waals surface area contributed by atoms with Gasteiger partial charge in [0.2, 0.25) is 30.1 Å². The van der Waals surface area contributed by atoms with E-state index in [4.69, 9.17) is 72.7 Å². The first-order valence-electron chi connectivity index (χ1n) is 51.7. The number of rotatable bonds is 11. The molecule has 3 fully saturated rings. The first-order valence-corrected chi connectivity index (χ1v) is 57.5. The number of carbonyl (C=O) groups is 6. The molecule has 786 valence electrons. The fraction of sp³-hybridized carbons (Fsp3) is 0.564. The van der Waals surface area contributed by atoms with E-state index < -0.39 is 110 Å². The summed E-state index contributed by atoms with van der Waals surface area (Å²) in [6.45, 7) is 19.7. The minimum absolute atomic E-state index is 0.00873. The molecule has 0 aromatic heterocycles. The molecule has 12 bridgehead atoms. The number of hydrogen-bond acceptors (Lipinski definition) is 23. The van der Waals surface area contributed by atoms with Crippen LogP contribution < -0.4 is 43.1 Å². The Hall–Kier alpha value is -9.45. The number of ether oxygens (including phenoxy) is 8. The number of esters is 2. The SMILES string of the molecule is CC(C)OC(=O)CO[C@H]1C2=C[C@@H](C2)[C@H](C)[C@@H](C)S(=O)(=O)NC(=O)c2ccc3c(c2)N(C[C@@H]2CC[C@H]21)C[C@@]1(CCCc2c1ccc(Cl)c2F)CO3.CCOC(=O)CO[C@H]1C2=C[C@@H](C2)[C@H](C)[C@@H](C)S(=O)(=O)NC(=O)c2ccc3c(c2)N(C[C@@H]2CC[C@H]21)C[C@@]1(CCCc2c1ccc(Cl)c2F)CO3.C[C@@H]1[C@@H](C)S(=O)(=O)NC(=O)c2ccc3c(c2)N(C[C@@H]2CC[C@H]2[C@@H](OCC(=O)O)C2=C[C@H]1C2)C[C@@]1(CCCc2c1ccc(Cl)c2F)CO3. The highest BCUT2D eigenvalue weighted by atomic mass is 35.5. The summed E-state index contributed by atoms with van der Waals surface area (Å²) in [6, 6.07) is 25.7. The van der Waals surface area contributed by atoms with E-state index in [1.54, 1.807) is 114 Å². The van der Waals surface area contributed by atoms with Crippen LogP contribution in [0.3, 0.4) is 0 Å². The van der Waals surface area contributed by atoms with Gasteiger partial charge >= 0.3 is 17.9 Å². The van der Waals surface area contributed by atoms with Crippen LogP contribution in [0.4, 0.5) is 30.2 Å². The maximum Gasteiger partial charge on any atom is 0.332 e. The third-order valence-electron chi connectivity index (χ3n) is 35.2. The van der Waals surface area contributed by atoms with Crippen LogP contribution >= 0.6 is 34.8 Å². The topological polar surface area (TPSA) is 345 Å². The number of carboxylic acids is 1. The monoisotopic (exact) mass is 2130 g/mol. The number of sulfonamides is 3. The van der Waals surface area contributed by atoms with E-state index in [0.717, 1.165) is 110 Å². The number of nitrogens with one attached hydrogen (secondary N) is 3. The molecule has 0 unspecified atom stereocenters. The molecule has 6 aromatic carbocycles. The number of anilines is 3. The van der Waals surface area contributed by atoms with Crippen molar-refractivity contribution in [2.75, 3.05) is 100 Å².